The molecule has 1 rings (SSSR count). The van der Waals surface area contributed by atoms with Crippen molar-refractivity contribution in [3.05, 3.63) is 24.0 Å². The maximum Gasteiger partial charge on any atom is 0.405 e. The fourth-order valence-corrected chi connectivity index (χ4v) is 1.29. The minimum Gasteiger partial charge on any atom is -0.457 e. The molecule has 0 spiro atoms. The molecule has 1 amide bonds. The zero-order chi connectivity index (χ0) is 16.0. The van der Waals surface area contributed by atoms with Crippen molar-refractivity contribution < 1.29 is 27.5 Å². The number of hydrogen-bond acceptors (Lipinski definition) is 5. The van der Waals surface area contributed by atoms with Crippen molar-refractivity contribution in [2.45, 2.75) is 19.6 Å². The van der Waals surface area contributed by atoms with E-state index in [9.17, 15) is 22.8 Å². The lowest BCUT2D eigenvalue weighted by molar-refractivity contribution is -0.138. The minimum atomic E-state index is -4.49. The van der Waals surface area contributed by atoms with Gasteiger partial charge in [0.25, 0.3) is 0 Å². The number of ether oxygens (including phenoxy) is 1. The van der Waals surface area contributed by atoms with E-state index in [-0.39, 0.29) is 18.0 Å². The lowest BCUT2D eigenvalue weighted by Gasteiger charge is -2.08. The minimum absolute atomic E-state index is 0.0167. The molecular formula is C11H13F3N4O3. The van der Waals surface area contributed by atoms with Gasteiger partial charge in [0.2, 0.25) is 5.91 Å². The van der Waals surface area contributed by atoms with Gasteiger partial charge in [-0.2, -0.15) is 13.2 Å². The average molecular weight is 306 g/mol. The van der Waals surface area contributed by atoms with Gasteiger partial charge in [0.15, 0.2) is 5.69 Å². The van der Waals surface area contributed by atoms with Gasteiger partial charge in [-0.15, -0.1) is 5.10 Å². The van der Waals surface area contributed by atoms with Crippen LogP contribution in [0.2, 0.25) is 0 Å². The van der Waals surface area contributed by atoms with Crippen molar-refractivity contribution in [1.29, 1.82) is 0 Å². The first-order valence-electron chi connectivity index (χ1n) is 5.76. The largest absolute Gasteiger partial charge is 0.457 e. The fourth-order valence-electron chi connectivity index (χ4n) is 1.29. The van der Waals surface area contributed by atoms with Crippen molar-refractivity contribution >= 4 is 11.9 Å². The summed E-state index contributed by atoms with van der Waals surface area (Å²) in [5.41, 5.74) is 0.103. The number of amides is 1. The molecule has 10 heteroatoms. The van der Waals surface area contributed by atoms with Crippen molar-refractivity contribution in [3.63, 3.8) is 0 Å². The van der Waals surface area contributed by atoms with Crippen LogP contribution in [-0.2, 0) is 16.1 Å². The molecule has 0 unspecified atom stereocenters. The second-order valence-electron chi connectivity index (χ2n) is 3.96. The summed E-state index contributed by atoms with van der Waals surface area (Å²) in [5, 5.41) is 8.75. The quantitative estimate of drug-likeness (QED) is 0.614. The highest BCUT2D eigenvalue weighted by atomic mass is 19.4. The highest BCUT2D eigenvalue weighted by Crippen LogP contribution is 2.12. The summed E-state index contributed by atoms with van der Waals surface area (Å²) in [6.45, 7) is 2.88. The Labute approximate surface area is 117 Å². The van der Waals surface area contributed by atoms with E-state index in [1.54, 1.807) is 5.32 Å². The van der Waals surface area contributed by atoms with E-state index in [0.717, 1.165) is 4.68 Å². The van der Waals surface area contributed by atoms with Crippen molar-refractivity contribution in [2.24, 2.45) is 0 Å². The van der Waals surface area contributed by atoms with Crippen LogP contribution in [0.4, 0.5) is 13.2 Å². The number of aromatic nitrogens is 3. The predicted octanol–water partition coefficient (Wildman–Crippen LogP) is 0.608. The number of rotatable bonds is 6. The zero-order valence-corrected chi connectivity index (χ0v) is 11.1. The van der Waals surface area contributed by atoms with E-state index in [2.05, 4.69) is 16.9 Å². The van der Waals surface area contributed by atoms with Crippen LogP contribution in [-0.4, -0.2) is 46.2 Å². The Morgan fingerprint density at radius 1 is 1.48 bits per heavy atom. The third kappa shape index (κ3) is 5.24. The summed E-state index contributed by atoms with van der Waals surface area (Å²) in [6.07, 6.45) is -3.13. The van der Waals surface area contributed by atoms with Crippen LogP contribution >= 0.6 is 0 Å². The Bertz CT molecular complexity index is 539. The topological polar surface area (TPSA) is 86.1 Å². The Morgan fingerprint density at radius 2 is 2.14 bits per heavy atom. The van der Waals surface area contributed by atoms with E-state index >= 15 is 0 Å². The molecule has 0 saturated carbocycles. The third-order valence-electron chi connectivity index (χ3n) is 2.29. The van der Waals surface area contributed by atoms with Gasteiger partial charge in [0.05, 0.1) is 5.69 Å². The number of carbonyl (C=O) groups excluding carboxylic acids is 2. The maximum absolute atomic E-state index is 11.9. The van der Waals surface area contributed by atoms with E-state index in [1.807, 2.05) is 0 Å². The molecule has 116 valence electrons. The number of halogens is 3. The Balaban J connectivity index is 2.65. The number of nitrogens with zero attached hydrogens (tertiary/aromatic N) is 3. The molecule has 0 atom stereocenters. The summed E-state index contributed by atoms with van der Waals surface area (Å²) in [4.78, 5) is 22.9. The lowest BCUT2D eigenvalue weighted by Crippen LogP contribution is -2.36. The number of nitrogens with one attached hydrogen (secondary N) is 1. The number of hydrogen-bond donors (Lipinski definition) is 1. The van der Waals surface area contributed by atoms with Crippen LogP contribution in [0.5, 0.6) is 0 Å². The highest BCUT2D eigenvalue weighted by molar-refractivity contribution is 5.88. The molecule has 7 nitrogen and oxygen atoms in total. The summed E-state index contributed by atoms with van der Waals surface area (Å²) in [6, 6.07) is 0. The molecule has 0 aliphatic rings. The average Bonchev–Trinajstić information content (AvgIpc) is 2.74. The van der Waals surface area contributed by atoms with E-state index in [0.29, 0.717) is 0 Å². The normalized spacial score (nSPS) is 11.0. The molecule has 0 radical (unpaired) electrons. The smallest absolute Gasteiger partial charge is 0.405 e. The second kappa shape index (κ2) is 6.86. The summed E-state index contributed by atoms with van der Waals surface area (Å²) in [5.74, 6) is -1.65. The predicted molar refractivity (Wildman–Crippen MR) is 64.3 cm³/mol. The van der Waals surface area contributed by atoms with E-state index in [4.69, 9.17) is 4.74 Å². The van der Waals surface area contributed by atoms with Crippen LogP contribution in [0.1, 0.15) is 16.2 Å². The molecular weight excluding hydrogens is 293 g/mol. The number of esters is 1. The molecule has 1 aromatic heterocycles. The van der Waals surface area contributed by atoms with Gasteiger partial charge in [-0.3, -0.25) is 4.79 Å². The molecule has 0 aliphatic carbocycles. The maximum atomic E-state index is 11.9. The Morgan fingerprint density at radius 3 is 2.71 bits per heavy atom. The fraction of sp³-hybridized carbons (Fsp3) is 0.455. The van der Waals surface area contributed by atoms with Gasteiger partial charge in [-0.1, -0.05) is 17.9 Å². The third-order valence-corrected chi connectivity index (χ3v) is 2.29. The van der Waals surface area contributed by atoms with Crippen LogP contribution in [0, 0.1) is 6.92 Å². The van der Waals surface area contributed by atoms with Gasteiger partial charge in [-0.05, 0) is 6.92 Å². The van der Waals surface area contributed by atoms with Crippen LogP contribution < -0.4 is 5.32 Å². The van der Waals surface area contributed by atoms with Crippen molar-refractivity contribution in [2.75, 3.05) is 13.2 Å². The van der Waals surface area contributed by atoms with Gasteiger partial charge in [-0.25, -0.2) is 9.48 Å². The van der Waals surface area contributed by atoms with Gasteiger partial charge >= 0.3 is 12.1 Å². The van der Waals surface area contributed by atoms with Gasteiger partial charge < -0.3 is 10.1 Å². The molecule has 0 saturated heterocycles. The SMILES string of the molecule is C=CCOC(=O)c1nnn(CC(=O)NCC(F)(F)F)c1C. The van der Waals surface area contributed by atoms with Crippen LogP contribution in [0.25, 0.3) is 0 Å². The standard InChI is InChI=1S/C11H13F3N4O3/c1-3-4-21-10(20)9-7(2)18(17-16-9)5-8(19)15-6-11(12,13)14/h3H,1,4-6H2,2H3,(H,15,19). The molecule has 1 aromatic rings. The molecule has 0 aromatic carbocycles. The zero-order valence-electron chi connectivity index (χ0n) is 11.1. The van der Waals surface area contributed by atoms with Gasteiger partial charge in [0.1, 0.15) is 19.7 Å². The highest BCUT2D eigenvalue weighted by Gasteiger charge is 2.28. The first-order valence-corrected chi connectivity index (χ1v) is 5.76. The van der Waals surface area contributed by atoms with E-state index < -0.39 is 31.1 Å². The van der Waals surface area contributed by atoms with Crippen molar-refractivity contribution in [3.8, 4) is 0 Å². The molecule has 1 N–H and O–H groups in total. The molecule has 0 aliphatic heterocycles. The second-order valence-corrected chi connectivity index (χ2v) is 3.96. The van der Waals surface area contributed by atoms with Crippen LogP contribution in [0.15, 0.2) is 12.7 Å². The Kier molecular flexibility index (Phi) is 5.44. The first-order chi connectivity index (χ1) is 9.74. The Hall–Kier alpha value is -2.39. The summed E-state index contributed by atoms with van der Waals surface area (Å²) >= 11 is 0. The van der Waals surface area contributed by atoms with Crippen molar-refractivity contribution in [1.82, 2.24) is 20.3 Å². The van der Waals surface area contributed by atoms with E-state index in [1.165, 1.54) is 13.0 Å². The molecule has 0 fully saturated rings. The van der Waals surface area contributed by atoms with Gasteiger partial charge in [0, 0.05) is 0 Å². The first kappa shape index (κ1) is 16.7. The molecule has 21 heavy (non-hydrogen) atoms. The number of carbonyl (C=O) groups is 2. The summed E-state index contributed by atoms with van der Waals surface area (Å²) in [7, 11) is 0. The van der Waals surface area contributed by atoms with Crippen LogP contribution in [0.3, 0.4) is 0 Å². The molecule has 1 heterocycles. The lowest BCUT2D eigenvalue weighted by atomic mass is 10.3. The molecule has 0 bridgehead atoms. The monoisotopic (exact) mass is 306 g/mol. The summed E-state index contributed by atoms with van der Waals surface area (Å²) < 4.78 is 41.6. The number of alkyl halides is 3.